The largest absolute Gasteiger partial charge is 0.311 e. The first-order chi connectivity index (χ1) is 9.74. The summed E-state index contributed by atoms with van der Waals surface area (Å²) in [4.78, 5) is 15.4. The topological polar surface area (TPSA) is 20.3 Å². The van der Waals surface area contributed by atoms with Gasteiger partial charge in [0.1, 0.15) is 0 Å². The van der Waals surface area contributed by atoms with Crippen LogP contribution in [0.4, 0.5) is 5.69 Å². The predicted molar refractivity (Wildman–Crippen MR) is 88.0 cm³/mol. The Bertz CT molecular complexity index is 626. The fraction of sp³-hybridized carbons (Fsp3) is 0.267. The smallest absolute Gasteiger partial charge is 0.237 e. The van der Waals surface area contributed by atoms with Crippen molar-refractivity contribution in [2.45, 2.75) is 12.2 Å². The first-order valence-electron chi connectivity index (χ1n) is 6.44. The van der Waals surface area contributed by atoms with E-state index in [2.05, 4.69) is 6.07 Å². The number of carbonyl (C=O) groups excluding carboxylic acids is 1. The third-order valence-electron chi connectivity index (χ3n) is 3.29. The molecule has 1 amide bonds. The van der Waals surface area contributed by atoms with Crippen LogP contribution in [0.25, 0.3) is 0 Å². The minimum atomic E-state index is 0.197. The Morgan fingerprint density at radius 3 is 2.95 bits per heavy atom. The van der Waals surface area contributed by atoms with E-state index in [9.17, 15) is 4.79 Å². The van der Waals surface area contributed by atoms with Crippen molar-refractivity contribution in [1.82, 2.24) is 0 Å². The first kappa shape index (κ1) is 14.0. The number of thioether (sulfide) groups is 1. The molecular weight excluding hydrogens is 310 g/mol. The van der Waals surface area contributed by atoms with Crippen LogP contribution in [0.3, 0.4) is 0 Å². The van der Waals surface area contributed by atoms with Gasteiger partial charge in [0.25, 0.3) is 0 Å². The lowest BCUT2D eigenvalue weighted by molar-refractivity contribution is -0.116. The molecule has 0 spiro atoms. The van der Waals surface area contributed by atoms with E-state index in [4.69, 9.17) is 11.6 Å². The summed E-state index contributed by atoms with van der Waals surface area (Å²) >= 11 is 9.13. The van der Waals surface area contributed by atoms with E-state index >= 15 is 0 Å². The molecule has 0 saturated carbocycles. The quantitative estimate of drug-likeness (QED) is 0.839. The minimum absolute atomic E-state index is 0.197. The number of benzene rings is 1. The standard InChI is InChI=1S/C15H14ClNOS2/c16-14-6-5-12(20-14)9-19-10-15(18)17-8-7-11-3-1-2-4-13(11)17/h1-6H,7-10H2. The van der Waals surface area contributed by atoms with E-state index in [1.807, 2.05) is 35.2 Å². The molecule has 0 radical (unpaired) electrons. The highest BCUT2D eigenvalue weighted by atomic mass is 35.5. The average Bonchev–Trinajstić information content (AvgIpc) is 3.05. The lowest BCUT2D eigenvalue weighted by atomic mass is 10.2. The third kappa shape index (κ3) is 3.03. The number of halogens is 1. The van der Waals surface area contributed by atoms with Gasteiger partial charge in [-0.15, -0.1) is 23.1 Å². The second-order valence-corrected chi connectivity index (χ2v) is 7.41. The van der Waals surface area contributed by atoms with Gasteiger partial charge in [0, 0.05) is 22.9 Å². The molecule has 0 unspecified atom stereocenters. The highest BCUT2D eigenvalue weighted by molar-refractivity contribution is 7.99. The molecule has 1 aromatic carbocycles. The van der Waals surface area contributed by atoms with Gasteiger partial charge in [-0.1, -0.05) is 29.8 Å². The number of para-hydroxylation sites is 1. The van der Waals surface area contributed by atoms with Crippen molar-refractivity contribution < 1.29 is 4.79 Å². The Balaban J connectivity index is 1.55. The average molecular weight is 324 g/mol. The van der Waals surface area contributed by atoms with Crippen molar-refractivity contribution in [3.63, 3.8) is 0 Å². The van der Waals surface area contributed by atoms with Gasteiger partial charge in [-0.2, -0.15) is 0 Å². The Morgan fingerprint density at radius 2 is 2.15 bits per heavy atom. The van der Waals surface area contributed by atoms with Crippen LogP contribution < -0.4 is 4.90 Å². The summed E-state index contributed by atoms with van der Waals surface area (Å²) < 4.78 is 0.806. The molecule has 0 fully saturated rings. The van der Waals surface area contributed by atoms with E-state index in [0.29, 0.717) is 5.75 Å². The molecule has 5 heteroatoms. The lowest BCUT2D eigenvalue weighted by Gasteiger charge is -2.16. The van der Waals surface area contributed by atoms with Gasteiger partial charge in [-0.05, 0) is 30.2 Å². The molecule has 1 aliphatic heterocycles. The molecule has 0 aliphatic carbocycles. The molecule has 2 nitrogen and oxygen atoms in total. The molecule has 20 heavy (non-hydrogen) atoms. The summed E-state index contributed by atoms with van der Waals surface area (Å²) in [5, 5.41) is 0. The number of carbonyl (C=O) groups is 1. The molecule has 1 aromatic heterocycles. The van der Waals surface area contributed by atoms with Crippen molar-refractivity contribution >= 4 is 46.3 Å². The second-order valence-electron chi connectivity index (χ2n) is 4.62. The number of thiophene rings is 1. The van der Waals surface area contributed by atoms with Crippen LogP contribution in [0.2, 0.25) is 4.34 Å². The van der Waals surface area contributed by atoms with Crippen LogP contribution in [0.15, 0.2) is 36.4 Å². The minimum Gasteiger partial charge on any atom is -0.311 e. The van der Waals surface area contributed by atoms with Gasteiger partial charge in [0.2, 0.25) is 5.91 Å². The van der Waals surface area contributed by atoms with Crippen LogP contribution >= 0.6 is 34.7 Å². The van der Waals surface area contributed by atoms with E-state index in [0.717, 1.165) is 28.7 Å². The van der Waals surface area contributed by atoms with Crippen LogP contribution in [0.5, 0.6) is 0 Å². The highest BCUT2D eigenvalue weighted by Gasteiger charge is 2.23. The Kier molecular flexibility index (Phi) is 4.34. The summed E-state index contributed by atoms with van der Waals surface area (Å²) in [6.07, 6.45) is 0.965. The predicted octanol–water partition coefficient (Wildman–Crippen LogP) is 4.22. The van der Waals surface area contributed by atoms with Crippen LogP contribution in [0.1, 0.15) is 10.4 Å². The normalized spacial score (nSPS) is 13.6. The molecule has 3 rings (SSSR count). The van der Waals surface area contributed by atoms with E-state index in [-0.39, 0.29) is 5.91 Å². The Hall–Kier alpha value is -0.970. The van der Waals surface area contributed by atoms with Gasteiger partial charge in [0.05, 0.1) is 10.1 Å². The summed E-state index contributed by atoms with van der Waals surface area (Å²) in [5.41, 5.74) is 2.35. The van der Waals surface area contributed by atoms with Crippen molar-refractivity contribution in [1.29, 1.82) is 0 Å². The van der Waals surface area contributed by atoms with Crippen LogP contribution in [-0.4, -0.2) is 18.2 Å². The van der Waals surface area contributed by atoms with Crippen LogP contribution in [0, 0.1) is 0 Å². The number of nitrogens with zero attached hydrogens (tertiary/aromatic N) is 1. The highest BCUT2D eigenvalue weighted by Crippen LogP contribution is 2.29. The number of hydrogen-bond donors (Lipinski definition) is 0. The van der Waals surface area contributed by atoms with E-state index in [1.165, 1.54) is 10.4 Å². The molecule has 104 valence electrons. The number of anilines is 1. The first-order valence-corrected chi connectivity index (χ1v) is 8.79. The Morgan fingerprint density at radius 1 is 1.30 bits per heavy atom. The zero-order chi connectivity index (χ0) is 13.9. The summed E-state index contributed by atoms with van der Waals surface area (Å²) in [6, 6.07) is 12.1. The van der Waals surface area contributed by atoms with Crippen molar-refractivity contribution in [2.24, 2.45) is 0 Å². The van der Waals surface area contributed by atoms with Crippen molar-refractivity contribution in [3.8, 4) is 0 Å². The fourth-order valence-corrected chi connectivity index (χ4v) is 4.44. The third-order valence-corrected chi connectivity index (χ3v) is 5.67. The number of hydrogen-bond acceptors (Lipinski definition) is 3. The van der Waals surface area contributed by atoms with Gasteiger partial charge < -0.3 is 4.90 Å². The SMILES string of the molecule is O=C(CSCc1ccc(Cl)s1)N1CCc2ccccc21. The van der Waals surface area contributed by atoms with Gasteiger partial charge in [-0.25, -0.2) is 0 Å². The zero-order valence-corrected chi connectivity index (χ0v) is 13.2. The number of rotatable bonds is 4. The van der Waals surface area contributed by atoms with Crippen molar-refractivity contribution in [3.05, 3.63) is 51.2 Å². The molecule has 1 aliphatic rings. The maximum atomic E-state index is 12.3. The maximum absolute atomic E-state index is 12.3. The summed E-state index contributed by atoms with van der Waals surface area (Å²) in [6.45, 7) is 0.809. The lowest BCUT2D eigenvalue weighted by Crippen LogP contribution is -2.30. The summed E-state index contributed by atoms with van der Waals surface area (Å²) in [7, 11) is 0. The molecular formula is C15H14ClNOS2. The van der Waals surface area contributed by atoms with Crippen LogP contribution in [-0.2, 0) is 17.0 Å². The fourth-order valence-electron chi connectivity index (χ4n) is 2.34. The number of amides is 1. The summed E-state index contributed by atoms with van der Waals surface area (Å²) in [5.74, 6) is 1.56. The van der Waals surface area contributed by atoms with Gasteiger partial charge >= 0.3 is 0 Å². The maximum Gasteiger partial charge on any atom is 0.237 e. The van der Waals surface area contributed by atoms with E-state index < -0.39 is 0 Å². The van der Waals surface area contributed by atoms with E-state index in [1.54, 1.807) is 23.1 Å². The molecule has 0 bridgehead atoms. The zero-order valence-electron chi connectivity index (χ0n) is 10.8. The molecule has 0 N–H and O–H groups in total. The second kappa shape index (κ2) is 6.20. The molecule has 0 saturated heterocycles. The monoisotopic (exact) mass is 323 g/mol. The Labute approximate surface area is 131 Å². The molecule has 0 atom stereocenters. The van der Waals surface area contributed by atoms with Gasteiger partial charge in [-0.3, -0.25) is 4.79 Å². The molecule has 2 heterocycles. The van der Waals surface area contributed by atoms with Gasteiger partial charge in [0.15, 0.2) is 0 Å². The van der Waals surface area contributed by atoms with Crippen molar-refractivity contribution in [2.75, 3.05) is 17.2 Å². The number of fused-ring (bicyclic) bond motifs is 1. The molecule has 2 aromatic rings.